The molecule has 0 N–H and O–H groups in total. The number of aromatic nitrogens is 3. The quantitative estimate of drug-likeness (QED) is 0.613. The van der Waals surface area contributed by atoms with Crippen molar-refractivity contribution in [1.82, 2.24) is 14.6 Å². The molecule has 0 fully saturated rings. The van der Waals surface area contributed by atoms with Gasteiger partial charge >= 0.3 is 0 Å². The molecule has 0 saturated carbocycles. The molecule has 0 atom stereocenters. The van der Waals surface area contributed by atoms with Crippen LogP contribution in [0, 0.1) is 0 Å². The van der Waals surface area contributed by atoms with Crippen molar-refractivity contribution in [3.8, 4) is 0 Å². The van der Waals surface area contributed by atoms with Gasteiger partial charge in [-0.1, -0.05) is 20.8 Å². The molecular formula is C10H13N3. The Morgan fingerprint density at radius 2 is 2.08 bits per heavy atom. The molecule has 0 aliphatic carbocycles. The van der Waals surface area contributed by atoms with Gasteiger partial charge in [-0.05, 0) is 11.5 Å². The Labute approximate surface area is 77.4 Å². The van der Waals surface area contributed by atoms with Gasteiger partial charge in [-0.25, -0.2) is 9.50 Å². The van der Waals surface area contributed by atoms with E-state index in [1.165, 1.54) is 5.56 Å². The van der Waals surface area contributed by atoms with Crippen molar-refractivity contribution in [2.24, 2.45) is 0 Å². The van der Waals surface area contributed by atoms with Gasteiger partial charge in [-0.2, -0.15) is 5.10 Å². The summed E-state index contributed by atoms with van der Waals surface area (Å²) in [5.41, 5.74) is 2.49. The third-order valence-corrected chi connectivity index (χ3v) is 2.13. The minimum Gasteiger partial charge on any atom is -0.244 e. The predicted octanol–water partition coefficient (Wildman–Crippen LogP) is 2.03. The lowest BCUT2D eigenvalue weighted by atomic mass is 9.88. The monoisotopic (exact) mass is 175 g/mol. The molecule has 0 aromatic carbocycles. The standard InChI is InChI=1S/C10H13N3/c1-10(2,3)8-6-11-7-13-9(8)4-5-12-13/h4-7H,1-3H3. The molecule has 3 heteroatoms. The van der Waals surface area contributed by atoms with E-state index in [1.54, 1.807) is 17.0 Å². The van der Waals surface area contributed by atoms with Gasteiger partial charge in [0.25, 0.3) is 0 Å². The van der Waals surface area contributed by atoms with Crippen molar-refractivity contribution in [1.29, 1.82) is 0 Å². The molecule has 0 aliphatic heterocycles. The zero-order valence-corrected chi connectivity index (χ0v) is 8.15. The van der Waals surface area contributed by atoms with Gasteiger partial charge in [0.15, 0.2) is 0 Å². The number of rotatable bonds is 0. The van der Waals surface area contributed by atoms with Crippen LogP contribution in [0.4, 0.5) is 0 Å². The van der Waals surface area contributed by atoms with Crippen molar-refractivity contribution in [3.63, 3.8) is 0 Å². The average molecular weight is 175 g/mol. The van der Waals surface area contributed by atoms with E-state index in [0.717, 1.165) is 5.52 Å². The Kier molecular flexibility index (Phi) is 1.62. The highest BCUT2D eigenvalue weighted by atomic mass is 15.2. The molecule has 2 heterocycles. The third kappa shape index (κ3) is 1.30. The van der Waals surface area contributed by atoms with Gasteiger partial charge in [0, 0.05) is 11.8 Å². The first-order chi connectivity index (χ1) is 6.09. The van der Waals surface area contributed by atoms with Gasteiger partial charge in [0.2, 0.25) is 0 Å². The lowest BCUT2D eigenvalue weighted by molar-refractivity contribution is 0.588. The molecule has 0 bridgehead atoms. The molecular weight excluding hydrogens is 162 g/mol. The molecule has 3 nitrogen and oxygen atoms in total. The van der Waals surface area contributed by atoms with Gasteiger partial charge in [-0.3, -0.25) is 0 Å². The lowest BCUT2D eigenvalue weighted by Gasteiger charge is -2.18. The van der Waals surface area contributed by atoms with Crippen LogP contribution in [0.5, 0.6) is 0 Å². The van der Waals surface area contributed by atoms with Crippen LogP contribution in [-0.2, 0) is 5.41 Å². The summed E-state index contributed by atoms with van der Waals surface area (Å²) in [5.74, 6) is 0. The highest BCUT2D eigenvalue weighted by molar-refractivity contribution is 5.55. The molecule has 68 valence electrons. The third-order valence-electron chi connectivity index (χ3n) is 2.13. The number of hydrogen-bond donors (Lipinski definition) is 0. The van der Waals surface area contributed by atoms with E-state index >= 15 is 0 Å². The highest BCUT2D eigenvalue weighted by Gasteiger charge is 2.17. The summed E-state index contributed by atoms with van der Waals surface area (Å²) in [6.07, 6.45) is 5.44. The van der Waals surface area contributed by atoms with Crippen LogP contribution in [0.25, 0.3) is 5.52 Å². The van der Waals surface area contributed by atoms with Crippen molar-refractivity contribution >= 4 is 5.52 Å². The molecule has 2 rings (SSSR count). The molecule has 2 aromatic rings. The summed E-state index contributed by atoms with van der Waals surface area (Å²) in [4.78, 5) is 4.15. The number of fused-ring (bicyclic) bond motifs is 1. The van der Waals surface area contributed by atoms with Gasteiger partial charge in [-0.15, -0.1) is 0 Å². The van der Waals surface area contributed by atoms with E-state index in [4.69, 9.17) is 0 Å². The average Bonchev–Trinajstić information content (AvgIpc) is 2.48. The fourth-order valence-electron chi connectivity index (χ4n) is 1.43. The van der Waals surface area contributed by atoms with Gasteiger partial charge in [0.1, 0.15) is 6.33 Å². The zero-order valence-electron chi connectivity index (χ0n) is 8.15. The van der Waals surface area contributed by atoms with E-state index in [9.17, 15) is 0 Å². The lowest BCUT2D eigenvalue weighted by Crippen LogP contribution is -2.13. The summed E-state index contributed by atoms with van der Waals surface area (Å²) < 4.78 is 1.81. The second-order valence-electron chi connectivity index (χ2n) is 4.22. The SMILES string of the molecule is CC(C)(C)c1cncn2nccc12. The summed E-state index contributed by atoms with van der Waals surface area (Å²) >= 11 is 0. The maximum absolute atomic E-state index is 4.15. The van der Waals surface area contributed by atoms with Crippen LogP contribution in [0.3, 0.4) is 0 Å². The minimum absolute atomic E-state index is 0.121. The zero-order chi connectivity index (χ0) is 9.47. The van der Waals surface area contributed by atoms with Crippen LogP contribution in [0.15, 0.2) is 24.8 Å². The molecule has 2 aromatic heterocycles. The molecule has 13 heavy (non-hydrogen) atoms. The maximum atomic E-state index is 4.15. The summed E-state index contributed by atoms with van der Waals surface area (Å²) in [6, 6.07) is 2.02. The Morgan fingerprint density at radius 3 is 2.77 bits per heavy atom. The molecule has 0 spiro atoms. The summed E-state index contributed by atoms with van der Waals surface area (Å²) in [5, 5.41) is 4.15. The normalized spacial score (nSPS) is 12.2. The highest BCUT2D eigenvalue weighted by Crippen LogP contribution is 2.24. The first kappa shape index (κ1) is 8.23. The smallest absolute Gasteiger partial charge is 0.117 e. The molecule has 0 radical (unpaired) electrons. The van der Waals surface area contributed by atoms with Crippen LogP contribution >= 0.6 is 0 Å². The van der Waals surface area contributed by atoms with Crippen LogP contribution in [0.1, 0.15) is 26.3 Å². The maximum Gasteiger partial charge on any atom is 0.117 e. The second kappa shape index (κ2) is 2.55. The Balaban J connectivity index is 2.75. The molecule has 0 aliphatic rings. The minimum atomic E-state index is 0.121. The van der Waals surface area contributed by atoms with Gasteiger partial charge < -0.3 is 0 Å². The number of hydrogen-bond acceptors (Lipinski definition) is 2. The molecule has 0 saturated heterocycles. The van der Waals surface area contributed by atoms with Gasteiger partial charge in [0.05, 0.1) is 11.7 Å². The van der Waals surface area contributed by atoms with E-state index < -0.39 is 0 Å². The van der Waals surface area contributed by atoms with Crippen LogP contribution in [0.2, 0.25) is 0 Å². The second-order valence-corrected chi connectivity index (χ2v) is 4.22. The number of nitrogens with zero attached hydrogens (tertiary/aromatic N) is 3. The fourth-order valence-corrected chi connectivity index (χ4v) is 1.43. The van der Waals surface area contributed by atoms with Crippen molar-refractivity contribution in [2.45, 2.75) is 26.2 Å². The van der Waals surface area contributed by atoms with Crippen LogP contribution in [-0.4, -0.2) is 14.6 Å². The first-order valence-electron chi connectivity index (χ1n) is 4.37. The topological polar surface area (TPSA) is 30.2 Å². The van der Waals surface area contributed by atoms with Crippen molar-refractivity contribution in [2.75, 3.05) is 0 Å². The Morgan fingerprint density at radius 1 is 1.31 bits per heavy atom. The van der Waals surface area contributed by atoms with E-state index in [-0.39, 0.29) is 5.41 Å². The molecule has 0 amide bonds. The van der Waals surface area contributed by atoms with Crippen LogP contribution < -0.4 is 0 Å². The fraction of sp³-hybridized carbons (Fsp3) is 0.400. The van der Waals surface area contributed by atoms with Crippen molar-refractivity contribution in [3.05, 3.63) is 30.4 Å². The largest absolute Gasteiger partial charge is 0.244 e. The van der Waals surface area contributed by atoms with Crippen molar-refractivity contribution < 1.29 is 0 Å². The Hall–Kier alpha value is -1.38. The Bertz CT molecular complexity index is 423. The summed E-state index contributed by atoms with van der Waals surface area (Å²) in [7, 11) is 0. The van der Waals surface area contributed by atoms with E-state index in [1.807, 2.05) is 12.3 Å². The predicted molar refractivity (Wildman–Crippen MR) is 51.7 cm³/mol. The molecule has 0 unspecified atom stereocenters. The van der Waals surface area contributed by atoms with E-state index in [2.05, 4.69) is 30.9 Å². The van der Waals surface area contributed by atoms with E-state index in [0.29, 0.717) is 0 Å². The summed E-state index contributed by atoms with van der Waals surface area (Å²) in [6.45, 7) is 6.53. The first-order valence-corrected chi connectivity index (χ1v) is 4.37.